The number of likely N-dealkylation sites (tertiary alicyclic amines) is 1. The number of hydrogen-bond acceptors (Lipinski definition) is 5. The number of benzene rings is 2. The Labute approximate surface area is 170 Å². The molecule has 2 heterocycles. The highest BCUT2D eigenvalue weighted by molar-refractivity contribution is 6.21. The monoisotopic (exact) mass is 394 g/mol. The molecule has 2 aromatic carbocycles. The molecule has 152 valence electrons. The van der Waals surface area contributed by atoms with Crippen LogP contribution < -0.4 is 4.74 Å². The molecular weight excluding hydrogens is 368 g/mol. The molecule has 6 nitrogen and oxygen atoms in total. The van der Waals surface area contributed by atoms with Crippen molar-refractivity contribution in [3.8, 4) is 5.75 Å². The number of carbonyl (C=O) groups excluding carboxylic acids is 2. The van der Waals surface area contributed by atoms with Crippen LogP contribution in [0.4, 0.5) is 0 Å². The molecule has 2 aliphatic rings. The molecule has 0 bridgehead atoms. The number of nitrogens with zero attached hydrogens (tertiary/aromatic N) is 2. The van der Waals surface area contributed by atoms with Gasteiger partial charge in [0.1, 0.15) is 12.0 Å². The fourth-order valence-corrected chi connectivity index (χ4v) is 3.98. The number of piperidine rings is 1. The van der Waals surface area contributed by atoms with E-state index in [1.807, 2.05) is 24.3 Å². The van der Waals surface area contributed by atoms with Gasteiger partial charge in [-0.3, -0.25) is 19.4 Å². The number of carbonyl (C=O) groups is 2. The lowest BCUT2D eigenvalue weighted by atomic mass is 10.1. The SMILES string of the molecule is O=C1c2ccccc2C(=O)N1CCCOc1cccc(CN2CCCCC2O)c1. The number of rotatable bonds is 7. The molecule has 0 radical (unpaired) electrons. The van der Waals surface area contributed by atoms with Crippen molar-refractivity contribution in [1.82, 2.24) is 9.80 Å². The first-order valence-corrected chi connectivity index (χ1v) is 10.2. The van der Waals surface area contributed by atoms with Gasteiger partial charge in [0, 0.05) is 19.6 Å². The quantitative estimate of drug-likeness (QED) is 0.577. The zero-order chi connectivity index (χ0) is 20.2. The zero-order valence-corrected chi connectivity index (χ0v) is 16.4. The van der Waals surface area contributed by atoms with Gasteiger partial charge < -0.3 is 9.84 Å². The number of aliphatic hydroxyl groups is 1. The van der Waals surface area contributed by atoms with Crippen LogP contribution in [0, 0.1) is 0 Å². The molecule has 0 spiro atoms. The Kier molecular flexibility index (Phi) is 5.92. The summed E-state index contributed by atoms with van der Waals surface area (Å²) in [5.41, 5.74) is 2.06. The van der Waals surface area contributed by atoms with E-state index in [1.54, 1.807) is 24.3 Å². The fraction of sp³-hybridized carbons (Fsp3) is 0.391. The zero-order valence-electron chi connectivity index (χ0n) is 16.4. The van der Waals surface area contributed by atoms with Crippen molar-refractivity contribution in [2.45, 2.75) is 38.5 Å². The van der Waals surface area contributed by atoms with Crippen LogP contribution in [-0.2, 0) is 6.54 Å². The summed E-state index contributed by atoms with van der Waals surface area (Å²) in [6.07, 6.45) is 3.22. The van der Waals surface area contributed by atoms with Crippen molar-refractivity contribution in [3.05, 3.63) is 65.2 Å². The summed E-state index contributed by atoms with van der Waals surface area (Å²) < 4.78 is 5.84. The van der Waals surface area contributed by atoms with E-state index in [9.17, 15) is 14.7 Å². The lowest BCUT2D eigenvalue weighted by molar-refractivity contribution is -0.0291. The van der Waals surface area contributed by atoms with Gasteiger partial charge >= 0.3 is 0 Å². The molecule has 4 rings (SSSR count). The highest BCUT2D eigenvalue weighted by atomic mass is 16.5. The van der Waals surface area contributed by atoms with E-state index >= 15 is 0 Å². The minimum Gasteiger partial charge on any atom is -0.494 e. The number of ether oxygens (including phenoxy) is 1. The Morgan fingerprint density at radius 2 is 1.76 bits per heavy atom. The molecule has 2 aromatic rings. The highest BCUT2D eigenvalue weighted by Gasteiger charge is 2.34. The maximum atomic E-state index is 12.4. The van der Waals surface area contributed by atoms with Crippen LogP contribution >= 0.6 is 0 Å². The molecule has 1 N–H and O–H groups in total. The van der Waals surface area contributed by atoms with Crippen molar-refractivity contribution in [3.63, 3.8) is 0 Å². The minimum absolute atomic E-state index is 0.229. The van der Waals surface area contributed by atoms with E-state index in [0.29, 0.717) is 37.2 Å². The molecule has 2 amide bonds. The first-order valence-electron chi connectivity index (χ1n) is 10.2. The maximum Gasteiger partial charge on any atom is 0.261 e. The second-order valence-corrected chi connectivity index (χ2v) is 7.60. The molecule has 29 heavy (non-hydrogen) atoms. The van der Waals surface area contributed by atoms with Gasteiger partial charge in [-0.05, 0) is 55.5 Å². The molecule has 1 saturated heterocycles. The van der Waals surface area contributed by atoms with Crippen molar-refractivity contribution in [2.75, 3.05) is 19.7 Å². The van der Waals surface area contributed by atoms with E-state index < -0.39 is 0 Å². The van der Waals surface area contributed by atoms with E-state index in [-0.39, 0.29) is 18.0 Å². The predicted molar refractivity (Wildman–Crippen MR) is 109 cm³/mol. The Balaban J connectivity index is 1.27. The third-order valence-corrected chi connectivity index (χ3v) is 5.54. The van der Waals surface area contributed by atoms with Crippen LogP contribution in [0.25, 0.3) is 0 Å². The molecule has 2 aliphatic heterocycles. The average Bonchev–Trinajstić information content (AvgIpc) is 2.98. The number of amides is 2. The van der Waals surface area contributed by atoms with Gasteiger partial charge in [0.15, 0.2) is 0 Å². The van der Waals surface area contributed by atoms with Crippen molar-refractivity contribution < 1.29 is 19.4 Å². The van der Waals surface area contributed by atoms with Crippen molar-refractivity contribution in [1.29, 1.82) is 0 Å². The third-order valence-electron chi connectivity index (χ3n) is 5.54. The summed E-state index contributed by atoms with van der Waals surface area (Å²) in [4.78, 5) is 28.1. The highest BCUT2D eigenvalue weighted by Crippen LogP contribution is 2.23. The van der Waals surface area contributed by atoms with Crippen molar-refractivity contribution >= 4 is 11.8 Å². The van der Waals surface area contributed by atoms with Crippen LogP contribution in [0.3, 0.4) is 0 Å². The molecule has 0 aromatic heterocycles. The van der Waals surface area contributed by atoms with E-state index in [0.717, 1.165) is 37.1 Å². The smallest absolute Gasteiger partial charge is 0.261 e. The summed E-state index contributed by atoms with van der Waals surface area (Å²) in [5.74, 6) is 0.303. The van der Waals surface area contributed by atoms with Crippen LogP contribution in [-0.4, -0.2) is 52.6 Å². The second kappa shape index (κ2) is 8.76. The van der Waals surface area contributed by atoms with E-state index in [1.165, 1.54) is 4.90 Å². The Morgan fingerprint density at radius 3 is 2.48 bits per heavy atom. The largest absolute Gasteiger partial charge is 0.494 e. The van der Waals surface area contributed by atoms with E-state index in [2.05, 4.69) is 4.90 Å². The number of hydrogen-bond donors (Lipinski definition) is 1. The van der Waals surface area contributed by atoms with Crippen LogP contribution in [0.2, 0.25) is 0 Å². The van der Waals surface area contributed by atoms with Crippen LogP contribution in [0.1, 0.15) is 52.0 Å². The molecule has 0 aliphatic carbocycles. The Morgan fingerprint density at radius 1 is 1.00 bits per heavy atom. The summed E-state index contributed by atoms with van der Waals surface area (Å²) in [7, 11) is 0. The second-order valence-electron chi connectivity index (χ2n) is 7.60. The van der Waals surface area contributed by atoms with Gasteiger partial charge in [-0.25, -0.2) is 0 Å². The molecule has 6 heteroatoms. The van der Waals surface area contributed by atoms with Gasteiger partial charge in [-0.2, -0.15) is 0 Å². The summed E-state index contributed by atoms with van der Waals surface area (Å²) in [6, 6.07) is 14.8. The molecule has 0 saturated carbocycles. The van der Waals surface area contributed by atoms with Gasteiger partial charge in [0.2, 0.25) is 0 Å². The van der Waals surface area contributed by atoms with Gasteiger partial charge in [-0.15, -0.1) is 0 Å². The fourth-order valence-electron chi connectivity index (χ4n) is 3.98. The predicted octanol–water partition coefficient (Wildman–Crippen LogP) is 3.06. The average molecular weight is 394 g/mol. The van der Waals surface area contributed by atoms with Crippen LogP contribution in [0.15, 0.2) is 48.5 Å². The molecule has 1 unspecified atom stereocenters. The topological polar surface area (TPSA) is 70.1 Å². The number of fused-ring (bicyclic) bond motifs is 1. The van der Waals surface area contributed by atoms with E-state index in [4.69, 9.17) is 4.74 Å². The molecular formula is C23H26N2O4. The van der Waals surface area contributed by atoms with Gasteiger partial charge in [0.25, 0.3) is 11.8 Å². The standard InChI is InChI=1S/C23H26N2O4/c26-21-11-3-4-12-24(21)16-17-7-5-8-18(15-17)29-14-6-13-25-22(27)19-9-1-2-10-20(19)23(25)28/h1-2,5,7-10,15,21,26H,3-4,6,11-14,16H2. The Hall–Kier alpha value is -2.70. The normalized spacial score (nSPS) is 19.5. The number of aliphatic hydroxyl groups excluding tert-OH is 1. The Bertz CT molecular complexity index is 863. The first-order chi connectivity index (χ1) is 14.1. The van der Waals surface area contributed by atoms with Crippen LogP contribution in [0.5, 0.6) is 5.75 Å². The van der Waals surface area contributed by atoms with Crippen molar-refractivity contribution in [2.24, 2.45) is 0 Å². The molecule has 1 fully saturated rings. The summed E-state index contributed by atoms with van der Waals surface area (Å²) in [6.45, 7) is 2.37. The third kappa shape index (κ3) is 4.33. The van der Waals surface area contributed by atoms with Gasteiger partial charge in [0.05, 0.1) is 17.7 Å². The number of imide groups is 1. The lowest BCUT2D eigenvalue weighted by Gasteiger charge is -2.32. The summed E-state index contributed by atoms with van der Waals surface area (Å²) in [5, 5.41) is 10.1. The minimum atomic E-state index is -0.368. The molecule has 1 atom stereocenters. The summed E-state index contributed by atoms with van der Waals surface area (Å²) >= 11 is 0. The first kappa shape index (κ1) is 19.6. The van der Waals surface area contributed by atoms with Gasteiger partial charge in [-0.1, -0.05) is 24.3 Å². The maximum absolute atomic E-state index is 12.4. The lowest BCUT2D eigenvalue weighted by Crippen LogP contribution is -2.38.